The minimum atomic E-state index is 0.441. The molecule has 0 amide bonds. The molecule has 0 aliphatic heterocycles. The molecule has 2 heterocycles. The Bertz CT molecular complexity index is 613. The first kappa shape index (κ1) is 9.78. The Morgan fingerprint density at radius 3 is 2.94 bits per heavy atom. The number of nitrogens with zero attached hydrogens (tertiary/aromatic N) is 2. The summed E-state index contributed by atoms with van der Waals surface area (Å²) in [7, 11) is 0. The van der Waals surface area contributed by atoms with E-state index in [0.717, 1.165) is 34.3 Å². The fourth-order valence-electron chi connectivity index (χ4n) is 2.27. The van der Waals surface area contributed by atoms with Crippen molar-refractivity contribution in [3.05, 3.63) is 34.7 Å². The Hall–Kier alpha value is -1.42. The van der Waals surface area contributed by atoms with Crippen LogP contribution in [0.15, 0.2) is 24.4 Å². The zero-order chi connectivity index (χ0) is 11.1. The Labute approximate surface area is 98.8 Å². The van der Waals surface area contributed by atoms with Gasteiger partial charge in [0.05, 0.1) is 5.52 Å². The van der Waals surface area contributed by atoms with Gasteiger partial charge in [-0.1, -0.05) is 12.2 Å². The molecule has 0 atom stereocenters. The fraction of sp³-hybridized carbons (Fsp3) is 0.333. The molecule has 82 valence electrons. The van der Waals surface area contributed by atoms with E-state index in [9.17, 15) is 0 Å². The van der Waals surface area contributed by atoms with Gasteiger partial charge in [0.1, 0.15) is 0 Å². The molecule has 2 aromatic heterocycles. The van der Waals surface area contributed by atoms with Gasteiger partial charge in [-0.15, -0.1) is 0 Å². The molecule has 0 bridgehead atoms. The van der Waals surface area contributed by atoms with E-state index in [1.54, 1.807) is 0 Å². The highest BCUT2D eigenvalue weighted by Gasteiger charge is 2.17. The van der Waals surface area contributed by atoms with Crippen molar-refractivity contribution in [2.75, 3.05) is 0 Å². The molecule has 0 aromatic carbocycles. The number of hydrogen-bond acceptors (Lipinski definition) is 2. The molecule has 4 heteroatoms. The summed E-state index contributed by atoms with van der Waals surface area (Å²) in [6.07, 6.45) is 8.41. The second kappa shape index (κ2) is 3.56. The van der Waals surface area contributed by atoms with Crippen LogP contribution in [0.3, 0.4) is 0 Å². The number of nitrogens with one attached hydrogen (secondary N) is 1. The van der Waals surface area contributed by atoms with E-state index in [1.807, 2.05) is 13.1 Å². The molecule has 0 radical (unpaired) electrons. The summed E-state index contributed by atoms with van der Waals surface area (Å²) >= 11 is 5.37. The van der Waals surface area contributed by atoms with Crippen LogP contribution in [0.4, 0.5) is 0 Å². The summed E-state index contributed by atoms with van der Waals surface area (Å²) < 4.78 is 2.92. The molecule has 1 N–H and O–H groups in total. The van der Waals surface area contributed by atoms with E-state index in [0.29, 0.717) is 6.04 Å². The van der Waals surface area contributed by atoms with Crippen LogP contribution in [0.5, 0.6) is 0 Å². The Kier molecular flexibility index (Phi) is 2.17. The quantitative estimate of drug-likeness (QED) is 0.603. The first-order valence-corrected chi connectivity index (χ1v) is 5.88. The van der Waals surface area contributed by atoms with Crippen molar-refractivity contribution in [2.24, 2.45) is 0 Å². The van der Waals surface area contributed by atoms with Gasteiger partial charge < -0.3 is 4.98 Å². The van der Waals surface area contributed by atoms with Gasteiger partial charge in [-0.3, -0.25) is 4.57 Å². The third-order valence-corrected chi connectivity index (χ3v) is 3.34. The van der Waals surface area contributed by atoms with Gasteiger partial charge in [0.2, 0.25) is 0 Å². The van der Waals surface area contributed by atoms with Gasteiger partial charge in [-0.25, -0.2) is 4.98 Å². The average molecular weight is 231 g/mol. The van der Waals surface area contributed by atoms with Crippen LogP contribution < -0.4 is 0 Å². The van der Waals surface area contributed by atoms with E-state index in [-0.39, 0.29) is 0 Å². The second-order valence-corrected chi connectivity index (χ2v) is 4.67. The topological polar surface area (TPSA) is 33.6 Å². The molecule has 1 aliphatic carbocycles. The summed E-state index contributed by atoms with van der Waals surface area (Å²) in [5, 5.41) is 0. The lowest BCUT2D eigenvalue weighted by molar-refractivity contribution is 0.541. The number of fused-ring (bicyclic) bond motifs is 1. The summed E-state index contributed by atoms with van der Waals surface area (Å²) in [4.78, 5) is 7.72. The molecular weight excluding hydrogens is 218 g/mol. The van der Waals surface area contributed by atoms with Gasteiger partial charge in [-0.2, -0.15) is 0 Å². The highest BCUT2D eigenvalue weighted by atomic mass is 32.1. The number of H-pyrrole nitrogens is 1. The number of allylic oxidation sites excluding steroid dienone is 2. The maximum Gasteiger partial charge on any atom is 0.179 e. The van der Waals surface area contributed by atoms with Crippen LogP contribution >= 0.6 is 12.2 Å². The predicted molar refractivity (Wildman–Crippen MR) is 67.1 cm³/mol. The summed E-state index contributed by atoms with van der Waals surface area (Å²) in [5.41, 5.74) is 3.17. The molecule has 0 saturated heterocycles. The summed E-state index contributed by atoms with van der Waals surface area (Å²) in [6, 6.07) is 2.54. The third-order valence-electron chi connectivity index (χ3n) is 3.04. The molecule has 0 unspecified atom stereocenters. The first-order valence-electron chi connectivity index (χ1n) is 5.47. The SMILES string of the molecule is Cc1cnc2c(c1)[nH]c(=S)n2C1CC=CC1. The lowest BCUT2D eigenvalue weighted by Gasteiger charge is -2.11. The van der Waals surface area contributed by atoms with Gasteiger partial charge >= 0.3 is 0 Å². The van der Waals surface area contributed by atoms with Crippen LogP contribution in [0.1, 0.15) is 24.4 Å². The Morgan fingerprint density at radius 2 is 2.19 bits per heavy atom. The number of aromatic nitrogens is 3. The predicted octanol–water partition coefficient (Wildman–Crippen LogP) is 3.29. The molecule has 1 aliphatic rings. The van der Waals surface area contributed by atoms with E-state index < -0.39 is 0 Å². The van der Waals surface area contributed by atoms with Crippen molar-refractivity contribution >= 4 is 23.4 Å². The Morgan fingerprint density at radius 1 is 1.44 bits per heavy atom. The molecule has 0 fully saturated rings. The number of rotatable bonds is 1. The fourth-order valence-corrected chi connectivity index (χ4v) is 2.62. The van der Waals surface area contributed by atoms with Crippen molar-refractivity contribution in [3.8, 4) is 0 Å². The van der Waals surface area contributed by atoms with Crippen molar-refractivity contribution in [1.29, 1.82) is 0 Å². The van der Waals surface area contributed by atoms with Crippen molar-refractivity contribution < 1.29 is 0 Å². The van der Waals surface area contributed by atoms with Crippen LogP contribution in [0, 0.1) is 11.7 Å². The van der Waals surface area contributed by atoms with E-state index >= 15 is 0 Å². The second-order valence-electron chi connectivity index (χ2n) is 4.28. The van der Waals surface area contributed by atoms with Gasteiger partial charge in [0.15, 0.2) is 10.4 Å². The standard InChI is InChI=1S/C12H13N3S/c1-8-6-10-11(13-7-8)15(12(16)14-10)9-4-2-3-5-9/h2-3,6-7,9H,4-5H2,1H3,(H,14,16). The molecule has 0 saturated carbocycles. The van der Waals surface area contributed by atoms with Crippen molar-refractivity contribution in [2.45, 2.75) is 25.8 Å². The molecule has 3 rings (SSSR count). The van der Waals surface area contributed by atoms with Crippen LogP contribution in [0.25, 0.3) is 11.2 Å². The average Bonchev–Trinajstić information content (AvgIpc) is 2.83. The maximum atomic E-state index is 5.37. The minimum absolute atomic E-state index is 0.441. The number of aromatic amines is 1. The highest BCUT2D eigenvalue weighted by molar-refractivity contribution is 7.71. The molecule has 3 nitrogen and oxygen atoms in total. The molecule has 0 spiro atoms. The van der Waals surface area contributed by atoms with Gasteiger partial charge in [-0.05, 0) is 43.6 Å². The smallest absolute Gasteiger partial charge is 0.179 e. The normalized spacial score (nSPS) is 16.3. The summed E-state index contributed by atoms with van der Waals surface area (Å²) in [6.45, 7) is 2.04. The number of aryl methyl sites for hydroxylation is 1. The maximum absolute atomic E-state index is 5.37. The largest absolute Gasteiger partial charge is 0.329 e. The van der Waals surface area contributed by atoms with Gasteiger partial charge in [0.25, 0.3) is 0 Å². The number of pyridine rings is 1. The van der Waals surface area contributed by atoms with Crippen LogP contribution in [-0.2, 0) is 0 Å². The van der Waals surface area contributed by atoms with E-state index in [1.165, 1.54) is 0 Å². The lowest BCUT2D eigenvalue weighted by atomic mass is 10.2. The monoisotopic (exact) mass is 231 g/mol. The van der Waals surface area contributed by atoms with Crippen LogP contribution in [0.2, 0.25) is 0 Å². The molecular formula is C12H13N3S. The first-order chi connectivity index (χ1) is 7.75. The summed E-state index contributed by atoms with van der Waals surface area (Å²) in [5.74, 6) is 0. The molecule has 2 aromatic rings. The van der Waals surface area contributed by atoms with E-state index in [2.05, 4.69) is 32.8 Å². The lowest BCUT2D eigenvalue weighted by Crippen LogP contribution is -2.05. The zero-order valence-corrected chi connectivity index (χ0v) is 9.92. The minimum Gasteiger partial charge on any atom is -0.329 e. The zero-order valence-electron chi connectivity index (χ0n) is 9.10. The van der Waals surface area contributed by atoms with Gasteiger partial charge in [0, 0.05) is 12.2 Å². The number of imidazole rings is 1. The van der Waals surface area contributed by atoms with E-state index in [4.69, 9.17) is 12.2 Å². The third kappa shape index (κ3) is 1.41. The van der Waals surface area contributed by atoms with Crippen molar-refractivity contribution in [3.63, 3.8) is 0 Å². The molecule has 16 heavy (non-hydrogen) atoms. The number of hydrogen-bond donors (Lipinski definition) is 1. The van der Waals surface area contributed by atoms with Crippen molar-refractivity contribution in [1.82, 2.24) is 14.5 Å². The van der Waals surface area contributed by atoms with Crippen LogP contribution in [-0.4, -0.2) is 14.5 Å². The Balaban J connectivity index is 2.23. The highest BCUT2D eigenvalue weighted by Crippen LogP contribution is 2.27.